The van der Waals surface area contributed by atoms with Crippen LogP contribution in [0.1, 0.15) is 43.1 Å². The molecule has 9 heteroatoms. The largest absolute Gasteiger partial charge is 0.477 e. The molecule has 1 saturated heterocycles. The molecule has 1 aromatic carbocycles. The first-order chi connectivity index (χ1) is 14.1. The van der Waals surface area contributed by atoms with E-state index in [9.17, 15) is 19.5 Å². The molecule has 2 unspecified atom stereocenters. The van der Waals surface area contributed by atoms with Crippen LogP contribution in [0.3, 0.4) is 0 Å². The summed E-state index contributed by atoms with van der Waals surface area (Å²) < 4.78 is 32.2. The summed E-state index contributed by atoms with van der Waals surface area (Å²) in [4.78, 5) is 38.9. The number of hydrogen-bond acceptors (Lipinski definition) is 4. The van der Waals surface area contributed by atoms with Gasteiger partial charge in [-0.1, -0.05) is 6.92 Å². The van der Waals surface area contributed by atoms with Crippen molar-refractivity contribution in [1.29, 1.82) is 0 Å². The third-order valence-electron chi connectivity index (χ3n) is 6.24. The Labute approximate surface area is 171 Å². The van der Waals surface area contributed by atoms with Gasteiger partial charge < -0.3 is 19.5 Å². The number of pyridine rings is 1. The van der Waals surface area contributed by atoms with Crippen LogP contribution in [0.25, 0.3) is 10.9 Å². The van der Waals surface area contributed by atoms with E-state index in [2.05, 4.69) is 0 Å². The van der Waals surface area contributed by atoms with Gasteiger partial charge in [0.25, 0.3) is 0 Å². The Hall–Kier alpha value is -2.97. The molecule has 2 heterocycles. The Kier molecular flexibility index (Phi) is 4.79. The molecule has 1 aliphatic heterocycles. The number of likely N-dealkylation sites (N-methyl/N-ethyl adjacent to an activating group) is 1. The highest BCUT2D eigenvalue weighted by molar-refractivity contribution is 5.94. The number of amides is 1. The molecule has 7 nitrogen and oxygen atoms in total. The van der Waals surface area contributed by atoms with Crippen molar-refractivity contribution >= 4 is 28.5 Å². The zero-order valence-corrected chi connectivity index (χ0v) is 17.0. The normalized spacial score (nSPS) is 21.3. The highest BCUT2D eigenvalue weighted by atomic mass is 19.1. The fraction of sp³-hybridized carbons (Fsp3) is 0.476. The number of benzene rings is 1. The van der Waals surface area contributed by atoms with Gasteiger partial charge in [-0.3, -0.25) is 9.59 Å². The zero-order valence-electron chi connectivity index (χ0n) is 17.0. The minimum atomic E-state index is -1.43. The molecule has 160 valence electrons. The maximum Gasteiger partial charge on any atom is 0.341 e. The van der Waals surface area contributed by atoms with Crippen molar-refractivity contribution in [3.8, 4) is 0 Å². The average molecular weight is 419 g/mol. The Balaban J connectivity index is 1.88. The molecule has 1 amide bonds. The Morgan fingerprint density at radius 2 is 1.90 bits per heavy atom. The summed E-state index contributed by atoms with van der Waals surface area (Å²) in [7, 11) is 1.66. The van der Waals surface area contributed by atoms with E-state index < -0.39 is 28.6 Å². The first-order valence-corrected chi connectivity index (χ1v) is 9.90. The van der Waals surface area contributed by atoms with E-state index in [1.54, 1.807) is 16.8 Å². The number of aromatic carboxylic acids is 1. The van der Waals surface area contributed by atoms with Gasteiger partial charge in [-0.15, -0.1) is 0 Å². The molecule has 2 aliphatic rings. The van der Waals surface area contributed by atoms with Crippen LogP contribution in [0.4, 0.5) is 14.5 Å². The first kappa shape index (κ1) is 20.3. The predicted octanol–water partition coefficient (Wildman–Crippen LogP) is 2.62. The third-order valence-corrected chi connectivity index (χ3v) is 6.24. The minimum Gasteiger partial charge on any atom is -0.477 e. The highest BCUT2D eigenvalue weighted by Gasteiger charge is 2.37. The van der Waals surface area contributed by atoms with E-state index in [-0.39, 0.29) is 47.0 Å². The number of carbonyl (C=O) groups excluding carboxylic acids is 1. The van der Waals surface area contributed by atoms with E-state index >= 15 is 8.78 Å². The Morgan fingerprint density at radius 1 is 1.23 bits per heavy atom. The van der Waals surface area contributed by atoms with E-state index in [0.29, 0.717) is 6.54 Å². The quantitative estimate of drug-likeness (QED) is 0.824. The summed E-state index contributed by atoms with van der Waals surface area (Å²) in [5.74, 6) is -3.35. The molecule has 0 spiro atoms. The van der Waals surface area contributed by atoms with Crippen molar-refractivity contribution in [1.82, 2.24) is 9.47 Å². The number of fused-ring (bicyclic) bond motifs is 1. The van der Waals surface area contributed by atoms with Gasteiger partial charge in [0.15, 0.2) is 5.82 Å². The van der Waals surface area contributed by atoms with Gasteiger partial charge in [-0.25, -0.2) is 13.6 Å². The second-order valence-electron chi connectivity index (χ2n) is 8.31. The number of rotatable bonds is 4. The maximum atomic E-state index is 15.7. The Bertz CT molecular complexity index is 1130. The lowest BCUT2D eigenvalue weighted by molar-refractivity contribution is -0.129. The van der Waals surface area contributed by atoms with Crippen LogP contribution in [-0.4, -0.2) is 52.6 Å². The summed E-state index contributed by atoms with van der Waals surface area (Å²) >= 11 is 0. The van der Waals surface area contributed by atoms with E-state index in [1.807, 2.05) is 6.92 Å². The van der Waals surface area contributed by atoms with E-state index in [4.69, 9.17) is 0 Å². The smallest absolute Gasteiger partial charge is 0.341 e. The number of carboxylic acids is 1. The molecule has 0 bridgehead atoms. The fourth-order valence-corrected chi connectivity index (χ4v) is 4.38. The molecule has 2 atom stereocenters. The van der Waals surface area contributed by atoms with Crippen LogP contribution >= 0.6 is 0 Å². The van der Waals surface area contributed by atoms with Crippen molar-refractivity contribution in [3.05, 3.63) is 39.7 Å². The summed E-state index contributed by atoms with van der Waals surface area (Å²) in [5, 5.41) is 9.06. The number of anilines is 1. The van der Waals surface area contributed by atoms with Crippen LogP contribution in [-0.2, 0) is 4.79 Å². The van der Waals surface area contributed by atoms with E-state index in [1.165, 1.54) is 11.5 Å². The second-order valence-corrected chi connectivity index (χ2v) is 8.31. The molecule has 0 radical (unpaired) electrons. The highest BCUT2D eigenvalue weighted by Crippen LogP contribution is 2.40. The molecule has 1 aromatic heterocycles. The van der Waals surface area contributed by atoms with Gasteiger partial charge in [0.1, 0.15) is 17.1 Å². The molecule has 1 saturated carbocycles. The minimum absolute atomic E-state index is 0.00610. The third kappa shape index (κ3) is 3.12. The van der Waals surface area contributed by atoms with Crippen molar-refractivity contribution in [3.63, 3.8) is 0 Å². The van der Waals surface area contributed by atoms with Crippen LogP contribution in [0, 0.1) is 17.6 Å². The van der Waals surface area contributed by atoms with Gasteiger partial charge >= 0.3 is 5.97 Å². The molecule has 2 aromatic rings. The topological polar surface area (TPSA) is 82.8 Å². The van der Waals surface area contributed by atoms with Crippen LogP contribution in [0.2, 0.25) is 0 Å². The molecule has 2 fully saturated rings. The van der Waals surface area contributed by atoms with E-state index in [0.717, 1.165) is 25.1 Å². The molecular weight excluding hydrogens is 396 g/mol. The standard InChI is InChI=1S/C21H23F2N3O4/c1-10-7-25(9-16(10)24(3)11(2)27)19-15(22)6-13-18(17(19)23)26(12-4-5-12)8-14(20(13)28)21(29)30/h6,8,10,12,16H,4-5,7,9H2,1-3H3,(H,29,30). The number of carbonyl (C=O) groups is 2. The van der Waals surface area contributed by atoms with Crippen LogP contribution in [0.15, 0.2) is 17.1 Å². The maximum absolute atomic E-state index is 15.7. The predicted molar refractivity (Wildman–Crippen MR) is 107 cm³/mol. The van der Waals surface area contributed by atoms with Crippen molar-refractivity contribution in [2.75, 3.05) is 25.0 Å². The average Bonchev–Trinajstić information content (AvgIpc) is 3.44. The lowest BCUT2D eigenvalue weighted by Crippen LogP contribution is -2.40. The van der Waals surface area contributed by atoms with Gasteiger partial charge in [-0.05, 0) is 24.8 Å². The lowest BCUT2D eigenvalue weighted by atomic mass is 10.1. The molecule has 30 heavy (non-hydrogen) atoms. The van der Waals surface area contributed by atoms with Crippen LogP contribution < -0.4 is 10.3 Å². The van der Waals surface area contributed by atoms with Gasteiger partial charge in [0.05, 0.1) is 16.9 Å². The zero-order chi connectivity index (χ0) is 21.9. The fourth-order valence-electron chi connectivity index (χ4n) is 4.38. The van der Waals surface area contributed by atoms with Crippen LogP contribution in [0.5, 0.6) is 0 Å². The van der Waals surface area contributed by atoms with Gasteiger partial charge in [-0.2, -0.15) is 0 Å². The number of hydrogen-bond donors (Lipinski definition) is 1. The van der Waals surface area contributed by atoms with Crippen molar-refractivity contribution in [2.45, 2.75) is 38.8 Å². The summed E-state index contributed by atoms with van der Waals surface area (Å²) in [6.45, 7) is 3.97. The first-order valence-electron chi connectivity index (χ1n) is 9.90. The monoisotopic (exact) mass is 419 g/mol. The summed E-state index contributed by atoms with van der Waals surface area (Å²) in [6, 6.07) is 0.624. The van der Waals surface area contributed by atoms with Gasteiger partial charge in [0.2, 0.25) is 11.3 Å². The second kappa shape index (κ2) is 7.07. The molecule has 1 N–H and O–H groups in total. The Morgan fingerprint density at radius 3 is 2.47 bits per heavy atom. The SMILES string of the molecule is CC(=O)N(C)C1CN(c2c(F)cc3c(=O)c(C(=O)O)cn(C4CC4)c3c2F)CC1C. The summed E-state index contributed by atoms with van der Waals surface area (Å²) in [5.41, 5.74) is -1.72. The molecule has 1 aliphatic carbocycles. The summed E-state index contributed by atoms with van der Waals surface area (Å²) in [6.07, 6.45) is 2.62. The molecule has 4 rings (SSSR count). The number of halogens is 2. The number of carboxylic acid groups (broad SMARTS) is 1. The number of nitrogens with zero attached hydrogens (tertiary/aromatic N) is 3. The van der Waals surface area contributed by atoms with Crippen molar-refractivity contribution < 1.29 is 23.5 Å². The van der Waals surface area contributed by atoms with Crippen molar-refractivity contribution in [2.24, 2.45) is 5.92 Å². The number of aromatic nitrogens is 1. The van der Waals surface area contributed by atoms with Gasteiger partial charge in [0, 0.05) is 39.3 Å². The lowest BCUT2D eigenvalue weighted by Gasteiger charge is -2.26. The molecular formula is C21H23F2N3O4.